The molecule has 0 saturated heterocycles. The van der Waals surface area contributed by atoms with Crippen LogP contribution in [0.2, 0.25) is 0 Å². The van der Waals surface area contributed by atoms with Gasteiger partial charge in [0.15, 0.2) is 5.96 Å². The fourth-order valence-electron chi connectivity index (χ4n) is 2.11. The molecule has 1 amide bonds. The first-order valence-electron chi connectivity index (χ1n) is 8.23. The van der Waals surface area contributed by atoms with Gasteiger partial charge in [0.25, 0.3) is 5.91 Å². The average Bonchev–Trinajstić information content (AvgIpc) is 2.53. The van der Waals surface area contributed by atoms with Crippen LogP contribution in [-0.4, -0.2) is 70.9 Å². The molecular formula is C17H28N4O3S. The summed E-state index contributed by atoms with van der Waals surface area (Å²) in [7, 11) is 0.440. The Morgan fingerprint density at radius 1 is 1.24 bits per heavy atom. The lowest BCUT2D eigenvalue weighted by Gasteiger charge is -2.13. The van der Waals surface area contributed by atoms with E-state index in [9.17, 15) is 13.2 Å². The third-order valence-electron chi connectivity index (χ3n) is 3.36. The van der Waals surface area contributed by atoms with Crippen LogP contribution in [0.25, 0.3) is 0 Å². The Morgan fingerprint density at radius 3 is 2.56 bits per heavy atom. The second-order valence-corrected chi connectivity index (χ2v) is 8.23. The van der Waals surface area contributed by atoms with Gasteiger partial charge in [0.1, 0.15) is 9.84 Å². The summed E-state index contributed by atoms with van der Waals surface area (Å²) in [5.41, 5.74) is 1.71. The molecule has 0 bridgehead atoms. The second kappa shape index (κ2) is 10.0. The molecule has 1 aromatic rings. The Kier molecular flexibility index (Phi) is 8.40. The summed E-state index contributed by atoms with van der Waals surface area (Å²) in [6, 6.07) is 7.53. The van der Waals surface area contributed by atoms with E-state index in [0.717, 1.165) is 12.0 Å². The van der Waals surface area contributed by atoms with Crippen molar-refractivity contribution in [1.82, 2.24) is 15.5 Å². The van der Waals surface area contributed by atoms with Gasteiger partial charge >= 0.3 is 0 Å². The maximum absolute atomic E-state index is 12.0. The van der Waals surface area contributed by atoms with E-state index in [-0.39, 0.29) is 18.2 Å². The van der Waals surface area contributed by atoms with Crippen LogP contribution in [0.15, 0.2) is 29.3 Å². The summed E-state index contributed by atoms with van der Waals surface area (Å²) in [5, 5.41) is 6.26. The van der Waals surface area contributed by atoms with Crippen LogP contribution >= 0.6 is 0 Å². The molecule has 0 heterocycles. The summed E-state index contributed by atoms with van der Waals surface area (Å²) < 4.78 is 22.3. The summed E-state index contributed by atoms with van der Waals surface area (Å²) in [5.74, 6) is 0.593. The lowest BCUT2D eigenvalue weighted by atomic mass is 10.1. The fourth-order valence-corrected chi connectivity index (χ4v) is 2.53. The van der Waals surface area contributed by atoms with Crippen LogP contribution in [-0.2, 0) is 16.3 Å². The lowest BCUT2D eigenvalue weighted by molar-refractivity contribution is 0.0827. The third kappa shape index (κ3) is 8.53. The van der Waals surface area contributed by atoms with E-state index in [1.807, 2.05) is 25.1 Å². The number of amides is 1. The van der Waals surface area contributed by atoms with Crippen molar-refractivity contribution in [2.45, 2.75) is 13.3 Å². The lowest BCUT2D eigenvalue weighted by Crippen LogP contribution is -2.38. The van der Waals surface area contributed by atoms with Gasteiger partial charge in [-0.15, -0.1) is 0 Å². The van der Waals surface area contributed by atoms with Gasteiger partial charge in [-0.1, -0.05) is 12.1 Å². The Morgan fingerprint density at radius 2 is 1.96 bits per heavy atom. The Hall–Kier alpha value is -2.09. The Bertz CT molecular complexity index is 700. The van der Waals surface area contributed by atoms with Crippen LogP contribution in [0, 0.1) is 0 Å². The van der Waals surface area contributed by atoms with E-state index in [1.165, 1.54) is 6.26 Å². The molecule has 0 aliphatic rings. The van der Waals surface area contributed by atoms with Crippen molar-refractivity contribution in [3.63, 3.8) is 0 Å². The topological polar surface area (TPSA) is 90.9 Å². The van der Waals surface area contributed by atoms with Gasteiger partial charge in [-0.2, -0.15) is 0 Å². The molecule has 7 nitrogen and oxygen atoms in total. The zero-order valence-corrected chi connectivity index (χ0v) is 16.2. The number of sulfone groups is 1. The number of guanidine groups is 1. The fraction of sp³-hybridized carbons (Fsp3) is 0.529. The highest BCUT2D eigenvalue weighted by molar-refractivity contribution is 7.90. The smallest absolute Gasteiger partial charge is 0.253 e. The molecule has 0 aromatic heterocycles. The molecule has 0 fully saturated rings. The van der Waals surface area contributed by atoms with E-state index in [0.29, 0.717) is 24.6 Å². The zero-order chi connectivity index (χ0) is 18.9. The summed E-state index contributed by atoms with van der Waals surface area (Å²) in [6.07, 6.45) is 1.93. The van der Waals surface area contributed by atoms with Crippen molar-refractivity contribution in [1.29, 1.82) is 0 Å². The predicted molar refractivity (Wildman–Crippen MR) is 102 cm³/mol. The monoisotopic (exact) mass is 368 g/mol. The van der Waals surface area contributed by atoms with Gasteiger partial charge in [-0.3, -0.25) is 9.79 Å². The molecule has 0 aliphatic carbocycles. The highest BCUT2D eigenvalue weighted by Crippen LogP contribution is 2.07. The first kappa shape index (κ1) is 21.0. The molecule has 0 spiro atoms. The maximum Gasteiger partial charge on any atom is 0.253 e. The number of nitrogens with one attached hydrogen (secondary N) is 2. The highest BCUT2D eigenvalue weighted by atomic mass is 32.2. The van der Waals surface area contributed by atoms with Gasteiger partial charge in [-0.05, 0) is 31.0 Å². The average molecular weight is 369 g/mol. The van der Waals surface area contributed by atoms with E-state index in [1.54, 1.807) is 25.1 Å². The Labute approximate surface area is 150 Å². The minimum atomic E-state index is -3.02. The van der Waals surface area contributed by atoms with E-state index < -0.39 is 9.84 Å². The maximum atomic E-state index is 12.0. The number of nitrogens with zero attached hydrogens (tertiary/aromatic N) is 2. The standard InChI is InChI=1S/C17H28N4O3S/c1-5-18-17(20-11-12-25(4,23)24)19-10-9-14-7-6-8-15(13-14)16(22)21(2)3/h6-8,13H,5,9-12H2,1-4H3,(H2,18,19,20). The summed E-state index contributed by atoms with van der Waals surface area (Å²) >= 11 is 0. The van der Waals surface area contributed by atoms with Crippen LogP contribution in [0.3, 0.4) is 0 Å². The second-order valence-electron chi connectivity index (χ2n) is 5.97. The number of hydrogen-bond acceptors (Lipinski definition) is 4. The quantitative estimate of drug-likeness (QED) is 0.516. The highest BCUT2D eigenvalue weighted by Gasteiger charge is 2.08. The van der Waals surface area contributed by atoms with Crippen molar-refractivity contribution in [3.8, 4) is 0 Å². The number of hydrogen-bond donors (Lipinski definition) is 2. The molecule has 0 unspecified atom stereocenters. The molecule has 25 heavy (non-hydrogen) atoms. The van der Waals surface area contributed by atoms with Crippen molar-refractivity contribution >= 4 is 21.7 Å². The van der Waals surface area contributed by atoms with Crippen molar-refractivity contribution in [2.75, 3.05) is 45.7 Å². The first-order valence-corrected chi connectivity index (χ1v) is 10.3. The SMILES string of the molecule is CCNC(=NCCS(C)(=O)=O)NCCc1cccc(C(=O)N(C)C)c1. The molecule has 1 aromatic carbocycles. The van der Waals surface area contributed by atoms with Crippen molar-refractivity contribution in [3.05, 3.63) is 35.4 Å². The Balaban J connectivity index is 2.59. The van der Waals surface area contributed by atoms with Crippen LogP contribution in [0.1, 0.15) is 22.8 Å². The largest absolute Gasteiger partial charge is 0.357 e. The van der Waals surface area contributed by atoms with Crippen molar-refractivity contribution in [2.24, 2.45) is 4.99 Å². The first-order chi connectivity index (χ1) is 11.7. The van der Waals surface area contributed by atoms with Crippen LogP contribution < -0.4 is 10.6 Å². The number of benzene rings is 1. The summed E-state index contributed by atoms with van der Waals surface area (Å²) in [6.45, 7) is 3.49. The zero-order valence-electron chi connectivity index (χ0n) is 15.4. The number of carbonyl (C=O) groups excluding carboxylic acids is 1. The molecular weight excluding hydrogens is 340 g/mol. The van der Waals surface area contributed by atoms with Crippen LogP contribution in [0.4, 0.5) is 0 Å². The molecule has 0 radical (unpaired) electrons. The van der Waals surface area contributed by atoms with E-state index in [2.05, 4.69) is 15.6 Å². The molecule has 0 aliphatic heterocycles. The number of aliphatic imine (C=N–C) groups is 1. The van der Waals surface area contributed by atoms with E-state index in [4.69, 9.17) is 0 Å². The number of rotatable bonds is 8. The van der Waals surface area contributed by atoms with Crippen molar-refractivity contribution < 1.29 is 13.2 Å². The minimum absolute atomic E-state index is 0.0227. The van der Waals surface area contributed by atoms with Crippen LogP contribution in [0.5, 0.6) is 0 Å². The predicted octanol–water partition coefficient (Wildman–Crippen LogP) is 0.531. The van der Waals surface area contributed by atoms with Gasteiger partial charge in [0.2, 0.25) is 0 Å². The molecule has 140 valence electrons. The van der Waals surface area contributed by atoms with Gasteiger partial charge < -0.3 is 15.5 Å². The van der Waals surface area contributed by atoms with E-state index >= 15 is 0 Å². The van der Waals surface area contributed by atoms with Gasteiger partial charge in [0.05, 0.1) is 12.3 Å². The molecule has 2 N–H and O–H groups in total. The molecule has 0 saturated carbocycles. The molecule has 8 heteroatoms. The van der Waals surface area contributed by atoms with Gasteiger partial charge in [0, 0.05) is 39.0 Å². The molecule has 1 rings (SSSR count). The summed E-state index contributed by atoms with van der Waals surface area (Å²) in [4.78, 5) is 17.8. The minimum Gasteiger partial charge on any atom is -0.357 e. The molecule has 0 atom stereocenters. The normalized spacial score (nSPS) is 11.9. The van der Waals surface area contributed by atoms with Gasteiger partial charge in [-0.25, -0.2) is 8.42 Å². The number of carbonyl (C=O) groups is 1. The third-order valence-corrected chi connectivity index (χ3v) is 4.29.